The Kier molecular flexibility index (Phi) is 2.76. The van der Waals surface area contributed by atoms with Gasteiger partial charge in [0.15, 0.2) is 5.82 Å². The maximum absolute atomic E-state index is 13.1. The molecule has 0 spiro atoms. The zero-order valence-electron chi connectivity index (χ0n) is 9.03. The summed E-state index contributed by atoms with van der Waals surface area (Å²) < 4.78 is 13.1. The van der Waals surface area contributed by atoms with Crippen LogP contribution in [0.25, 0.3) is 11.4 Å². The summed E-state index contributed by atoms with van der Waals surface area (Å²) in [4.78, 5) is 4.23. The van der Waals surface area contributed by atoms with Gasteiger partial charge in [-0.05, 0) is 30.7 Å². The van der Waals surface area contributed by atoms with Crippen LogP contribution in [-0.4, -0.2) is 22.2 Å². The maximum Gasteiger partial charge on any atom is 0.183 e. The van der Waals surface area contributed by atoms with Crippen LogP contribution in [0.2, 0.25) is 0 Å². The maximum atomic E-state index is 13.1. The van der Waals surface area contributed by atoms with Crippen LogP contribution in [0.4, 0.5) is 10.2 Å². The van der Waals surface area contributed by atoms with E-state index < -0.39 is 0 Å². The number of aromatic nitrogens is 3. The van der Waals surface area contributed by atoms with Gasteiger partial charge in [0.1, 0.15) is 11.6 Å². The number of benzene rings is 1. The van der Waals surface area contributed by atoms with E-state index in [0.29, 0.717) is 17.2 Å². The third-order valence-electron chi connectivity index (χ3n) is 2.23. The molecule has 0 radical (unpaired) electrons. The van der Waals surface area contributed by atoms with Crippen molar-refractivity contribution in [2.45, 2.75) is 6.92 Å². The molecule has 1 aromatic carbocycles. The number of hydrogen-bond donors (Lipinski definition) is 1. The lowest BCUT2D eigenvalue weighted by molar-refractivity contribution is 0.618. The van der Waals surface area contributed by atoms with Crippen LogP contribution in [0.5, 0.6) is 0 Å². The highest BCUT2D eigenvalue weighted by Crippen LogP contribution is 2.18. The third-order valence-corrected chi connectivity index (χ3v) is 2.23. The summed E-state index contributed by atoms with van der Waals surface area (Å²) in [5, 5.41) is 10.6. The Hall–Kier alpha value is -2.04. The first-order chi connectivity index (χ1) is 7.70. The molecule has 0 aliphatic heterocycles. The molecule has 0 saturated heterocycles. The van der Waals surface area contributed by atoms with Gasteiger partial charge < -0.3 is 5.32 Å². The van der Waals surface area contributed by atoms with Gasteiger partial charge in [-0.3, -0.25) is 0 Å². The lowest BCUT2D eigenvalue weighted by Crippen LogP contribution is -1.98. The number of aryl methyl sites for hydroxylation is 1. The smallest absolute Gasteiger partial charge is 0.183 e. The van der Waals surface area contributed by atoms with Gasteiger partial charge in [0.2, 0.25) is 0 Å². The Bertz CT molecular complexity index is 513. The van der Waals surface area contributed by atoms with E-state index in [4.69, 9.17) is 0 Å². The van der Waals surface area contributed by atoms with Crippen LogP contribution < -0.4 is 5.32 Å². The second-order valence-electron chi connectivity index (χ2n) is 3.38. The molecule has 0 aliphatic carbocycles. The van der Waals surface area contributed by atoms with Gasteiger partial charge in [-0.15, -0.1) is 5.10 Å². The minimum atomic E-state index is -0.235. The summed E-state index contributed by atoms with van der Waals surface area (Å²) in [6, 6.07) is 4.74. The highest BCUT2D eigenvalue weighted by Gasteiger charge is 2.05. The Morgan fingerprint density at radius 1 is 1.31 bits per heavy atom. The SMILES string of the molecule is CNc1cnnc(-c2ccc(F)c(C)c2)n1. The molecule has 4 nitrogen and oxygen atoms in total. The monoisotopic (exact) mass is 218 g/mol. The number of rotatable bonds is 2. The van der Waals surface area contributed by atoms with Crippen molar-refractivity contribution >= 4 is 5.82 Å². The van der Waals surface area contributed by atoms with E-state index >= 15 is 0 Å². The van der Waals surface area contributed by atoms with Gasteiger partial charge in [-0.25, -0.2) is 9.37 Å². The molecular weight excluding hydrogens is 207 g/mol. The van der Waals surface area contributed by atoms with Crippen molar-refractivity contribution in [1.82, 2.24) is 15.2 Å². The van der Waals surface area contributed by atoms with Gasteiger partial charge in [0.05, 0.1) is 6.20 Å². The average Bonchev–Trinajstić information content (AvgIpc) is 2.33. The molecule has 0 bridgehead atoms. The number of nitrogens with zero attached hydrogens (tertiary/aromatic N) is 3. The molecule has 0 amide bonds. The summed E-state index contributed by atoms with van der Waals surface area (Å²) in [7, 11) is 1.75. The van der Waals surface area contributed by atoms with Gasteiger partial charge in [-0.2, -0.15) is 5.10 Å². The van der Waals surface area contributed by atoms with E-state index in [2.05, 4.69) is 20.5 Å². The normalized spacial score (nSPS) is 10.2. The first-order valence-electron chi connectivity index (χ1n) is 4.84. The third kappa shape index (κ3) is 1.98. The Morgan fingerprint density at radius 3 is 2.81 bits per heavy atom. The van der Waals surface area contributed by atoms with E-state index in [9.17, 15) is 4.39 Å². The molecule has 82 valence electrons. The molecule has 0 unspecified atom stereocenters. The topological polar surface area (TPSA) is 50.7 Å². The van der Waals surface area contributed by atoms with Crippen molar-refractivity contribution in [2.24, 2.45) is 0 Å². The number of nitrogens with one attached hydrogen (secondary N) is 1. The number of anilines is 1. The largest absolute Gasteiger partial charge is 0.372 e. The van der Waals surface area contributed by atoms with Crippen LogP contribution in [0.1, 0.15) is 5.56 Å². The van der Waals surface area contributed by atoms with Crippen LogP contribution in [0.3, 0.4) is 0 Å². The number of halogens is 1. The molecule has 0 atom stereocenters. The second-order valence-corrected chi connectivity index (χ2v) is 3.38. The van der Waals surface area contributed by atoms with Crippen molar-refractivity contribution < 1.29 is 4.39 Å². The van der Waals surface area contributed by atoms with Gasteiger partial charge >= 0.3 is 0 Å². The van der Waals surface area contributed by atoms with Crippen LogP contribution in [0, 0.1) is 12.7 Å². The Balaban J connectivity index is 2.46. The Labute approximate surface area is 92.6 Å². The van der Waals surface area contributed by atoms with Crippen LogP contribution >= 0.6 is 0 Å². The summed E-state index contributed by atoms with van der Waals surface area (Å²) >= 11 is 0. The summed E-state index contributed by atoms with van der Waals surface area (Å²) in [5.74, 6) is 0.878. The molecule has 0 fully saturated rings. The Morgan fingerprint density at radius 2 is 2.12 bits per heavy atom. The lowest BCUT2D eigenvalue weighted by Gasteiger charge is -2.03. The predicted octanol–water partition coefficient (Wildman–Crippen LogP) is 2.03. The van der Waals surface area contributed by atoms with Crippen molar-refractivity contribution in [2.75, 3.05) is 12.4 Å². The zero-order chi connectivity index (χ0) is 11.5. The molecule has 2 aromatic rings. The molecular formula is C11H11FN4. The van der Waals surface area contributed by atoms with E-state index in [1.54, 1.807) is 26.1 Å². The van der Waals surface area contributed by atoms with Gasteiger partial charge in [0.25, 0.3) is 0 Å². The molecule has 2 rings (SSSR count). The predicted molar refractivity (Wildman–Crippen MR) is 59.5 cm³/mol. The highest BCUT2D eigenvalue weighted by atomic mass is 19.1. The van der Waals surface area contributed by atoms with E-state index in [-0.39, 0.29) is 5.82 Å². The van der Waals surface area contributed by atoms with Crippen LogP contribution in [0.15, 0.2) is 24.4 Å². The lowest BCUT2D eigenvalue weighted by atomic mass is 10.1. The first-order valence-corrected chi connectivity index (χ1v) is 4.84. The molecule has 0 saturated carbocycles. The quantitative estimate of drug-likeness (QED) is 0.837. The molecule has 1 aromatic heterocycles. The molecule has 1 heterocycles. The fourth-order valence-corrected chi connectivity index (χ4v) is 1.33. The summed E-state index contributed by atoms with van der Waals surface area (Å²) in [6.07, 6.45) is 1.53. The molecule has 16 heavy (non-hydrogen) atoms. The van der Waals surface area contributed by atoms with Crippen molar-refractivity contribution in [3.05, 3.63) is 35.8 Å². The molecule has 1 N–H and O–H groups in total. The molecule has 5 heteroatoms. The van der Waals surface area contributed by atoms with E-state index in [1.165, 1.54) is 12.3 Å². The minimum absolute atomic E-state index is 0.235. The minimum Gasteiger partial charge on any atom is -0.372 e. The fraction of sp³-hybridized carbons (Fsp3) is 0.182. The molecule has 0 aliphatic rings. The fourth-order valence-electron chi connectivity index (χ4n) is 1.33. The van der Waals surface area contributed by atoms with E-state index in [0.717, 1.165) is 5.56 Å². The van der Waals surface area contributed by atoms with Gasteiger partial charge in [0, 0.05) is 12.6 Å². The number of hydrogen-bond acceptors (Lipinski definition) is 4. The van der Waals surface area contributed by atoms with Crippen molar-refractivity contribution in [3.8, 4) is 11.4 Å². The summed E-state index contributed by atoms with van der Waals surface area (Å²) in [5.41, 5.74) is 1.32. The highest BCUT2D eigenvalue weighted by molar-refractivity contribution is 5.57. The first kappa shape index (κ1) is 10.5. The zero-order valence-corrected chi connectivity index (χ0v) is 9.03. The van der Waals surface area contributed by atoms with Crippen LogP contribution in [-0.2, 0) is 0 Å². The second kappa shape index (κ2) is 4.22. The average molecular weight is 218 g/mol. The standard InChI is InChI=1S/C11H11FN4/c1-7-5-8(3-4-9(7)12)11-15-10(13-2)6-14-16-11/h3-6H,1-2H3,(H,13,15,16). The van der Waals surface area contributed by atoms with Crippen molar-refractivity contribution in [1.29, 1.82) is 0 Å². The summed E-state index contributed by atoms with van der Waals surface area (Å²) in [6.45, 7) is 1.70. The van der Waals surface area contributed by atoms with E-state index in [1.807, 2.05) is 0 Å². The van der Waals surface area contributed by atoms with Gasteiger partial charge in [-0.1, -0.05) is 0 Å². The van der Waals surface area contributed by atoms with Crippen molar-refractivity contribution in [3.63, 3.8) is 0 Å².